The van der Waals surface area contributed by atoms with Gasteiger partial charge in [-0.15, -0.1) is 0 Å². The first kappa shape index (κ1) is 21.2. The molecule has 0 saturated carbocycles. The van der Waals surface area contributed by atoms with Gasteiger partial charge in [-0.3, -0.25) is 0 Å². The standard InChI is InChI=1S/C15H16O2.2C2H6/c1-3-5-10-13(9-4-2)15(16)17-14-11-7-6-8-12-14;2*1-2/h3-12H,1-2H3;2*1-2H3/b5-3-,9-4-,13-10+;;. The number of ether oxygens (including phenoxy) is 1. The Labute approximate surface area is 129 Å². The highest BCUT2D eigenvalue weighted by molar-refractivity contribution is 5.93. The number of benzene rings is 1. The van der Waals surface area contributed by atoms with Crippen molar-refractivity contribution >= 4 is 5.97 Å². The molecule has 21 heavy (non-hydrogen) atoms. The summed E-state index contributed by atoms with van der Waals surface area (Å²) in [6, 6.07) is 9.03. The maximum Gasteiger partial charge on any atom is 0.343 e. The Morgan fingerprint density at radius 3 is 2.00 bits per heavy atom. The summed E-state index contributed by atoms with van der Waals surface area (Å²) in [4.78, 5) is 11.8. The third-order valence-electron chi connectivity index (χ3n) is 2.00. The highest BCUT2D eigenvalue weighted by Crippen LogP contribution is 2.11. The summed E-state index contributed by atoms with van der Waals surface area (Å²) in [5.74, 6) is 0.195. The van der Waals surface area contributed by atoms with Gasteiger partial charge in [0.2, 0.25) is 0 Å². The minimum absolute atomic E-state index is 0.354. The van der Waals surface area contributed by atoms with Crippen LogP contribution in [0.15, 0.2) is 66.3 Å². The fraction of sp³-hybridized carbons (Fsp3) is 0.316. The fourth-order valence-electron chi connectivity index (χ4n) is 1.23. The first-order valence-corrected chi connectivity index (χ1v) is 7.51. The Morgan fingerprint density at radius 1 is 0.952 bits per heavy atom. The van der Waals surface area contributed by atoms with E-state index in [0.717, 1.165) is 0 Å². The third-order valence-corrected chi connectivity index (χ3v) is 2.00. The Morgan fingerprint density at radius 2 is 1.52 bits per heavy atom. The molecule has 2 nitrogen and oxygen atoms in total. The molecule has 1 aromatic carbocycles. The van der Waals surface area contributed by atoms with Crippen molar-refractivity contribution in [1.29, 1.82) is 0 Å². The summed E-state index contributed by atoms with van der Waals surface area (Å²) in [5.41, 5.74) is 0.523. The van der Waals surface area contributed by atoms with Gasteiger partial charge in [0.25, 0.3) is 0 Å². The zero-order chi connectivity index (χ0) is 16.5. The van der Waals surface area contributed by atoms with Gasteiger partial charge >= 0.3 is 5.97 Å². The zero-order valence-corrected chi connectivity index (χ0v) is 14.1. The SMILES string of the molecule is CC.CC.C\C=C/C=C(\C=C/C)C(=O)Oc1ccccc1. The van der Waals surface area contributed by atoms with Crippen LogP contribution in [0.25, 0.3) is 0 Å². The van der Waals surface area contributed by atoms with E-state index in [1.807, 2.05) is 78.0 Å². The lowest BCUT2D eigenvalue weighted by molar-refractivity contribution is -0.129. The molecule has 0 heterocycles. The first-order valence-electron chi connectivity index (χ1n) is 7.51. The molecule has 116 valence electrons. The zero-order valence-electron chi connectivity index (χ0n) is 14.1. The number of allylic oxidation sites excluding steroid dienone is 4. The van der Waals surface area contributed by atoms with Gasteiger partial charge in [-0.05, 0) is 32.1 Å². The van der Waals surface area contributed by atoms with Crippen molar-refractivity contribution in [3.63, 3.8) is 0 Å². The second-order valence-corrected chi connectivity index (χ2v) is 3.35. The van der Waals surface area contributed by atoms with E-state index >= 15 is 0 Å². The van der Waals surface area contributed by atoms with Gasteiger partial charge in [0, 0.05) is 0 Å². The minimum Gasteiger partial charge on any atom is -0.423 e. The van der Waals surface area contributed by atoms with Crippen LogP contribution in [0.4, 0.5) is 0 Å². The normalized spacial score (nSPS) is 10.5. The second kappa shape index (κ2) is 16.0. The van der Waals surface area contributed by atoms with Crippen molar-refractivity contribution in [1.82, 2.24) is 0 Å². The van der Waals surface area contributed by atoms with Crippen LogP contribution in [0.3, 0.4) is 0 Å². The summed E-state index contributed by atoms with van der Waals surface area (Å²) in [6.45, 7) is 11.8. The number of hydrogen-bond donors (Lipinski definition) is 0. The van der Waals surface area contributed by atoms with Gasteiger partial charge in [0.15, 0.2) is 0 Å². The molecule has 2 heteroatoms. The van der Waals surface area contributed by atoms with Crippen LogP contribution < -0.4 is 4.74 Å². The molecular formula is C19H28O2. The van der Waals surface area contributed by atoms with Crippen LogP contribution in [0, 0.1) is 0 Å². The second-order valence-electron chi connectivity index (χ2n) is 3.35. The Bertz CT molecular complexity index is 440. The molecule has 0 radical (unpaired) electrons. The van der Waals surface area contributed by atoms with Gasteiger partial charge in [0.1, 0.15) is 5.75 Å². The monoisotopic (exact) mass is 288 g/mol. The number of esters is 1. The van der Waals surface area contributed by atoms with E-state index in [1.54, 1.807) is 24.3 Å². The molecular weight excluding hydrogens is 260 g/mol. The number of carbonyl (C=O) groups is 1. The molecule has 0 aromatic heterocycles. The van der Waals surface area contributed by atoms with Crippen LogP contribution in [0.1, 0.15) is 41.5 Å². The van der Waals surface area contributed by atoms with Crippen LogP contribution in [-0.2, 0) is 4.79 Å². The van der Waals surface area contributed by atoms with Gasteiger partial charge in [-0.25, -0.2) is 4.79 Å². The quantitative estimate of drug-likeness (QED) is 0.306. The van der Waals surface area contributed by atoms with Gasteiger partial charge in [0.05, 0.1) is 5.57 Å². The van der Waals surface area contributed by atoms with Gasteiger partial charge in [-0.2, -0.15) is 0 Å². The first-order chi connectivity index (χ1) is 10.3. The minimum atomic E-state index is -0.354. The number of carbonyl (C=O) groups excluding carboxylic acids is 1. The molecule has 0 amide bonds. The van der Waals surface area contributed by atoms with Crippen molar-refractivity contribution < 1.29 is 9.53 Å². The number of rotatable bonds is 4. The molecule has 0 aliphatic rings. The van der Waals surface area contributed by atoms with Crippen molar-refractivity contribution in [2.45, 2.75) is 41.5 Å². The molecule has 0 N–H and O–H groups in total. The largest absolute Gasteiger partial charge is 0.423 e. The van der Waals surface area contributed by atoms with E-state index in [4.69, 9.17) is 4.74 Å². The Kier molecular flexibility index (Phi) is 16.1. The third kappa shape index (κ3) is 10.4. The highest BCUT2D eigenvalue weighted by Gasteiger charge is 2.07. The van der Waals surface area contributed by atoms with Gasteiger partial charge < -0.3 is 4.74 Å². The maximum absolute atomic E-state index is 11.8. The van der Waals surface area contributed by atoms with Crippen molar-refractivity contribution in [2.24, 2.45) is 0 Å². The van der Waals surface area contributed by atoms with E-state index in [-0.39, 0.29) is 5.97 Å². The lowest BCUT2D eigenvalue weighted by Gasteiger charge is -2.03. The highest BCUT2D eigenvalue weighted by atomic mass is 16.5. The Hall–Kier alpha value is -2.09. The van der Waals surface area contributed by atoms with E-state index in [1.165, 1.54) is 0 Å². The molecule has 0 fully saturated rings. The van der Waals surface area contributed by atoms with Crippen molar-refractivity contribution in [3.05, 3.63) is 66.3 Å². The molecule has 0 atom stereocenters. The summed E-state index contributed by atoms with van der Waals surface area (Å²) in [7, 11) is 0. The molecule has 0 saturated heterocycles. The number of para-hydroxylation sites is 1. The van der Waals surface area contributed by atoms with E-state index in [0.29, 0.717) is 11.3 Å². The average molecular weight is 288 g/mol. The predicted molar refractivity (Wildman–Crippen MR) is 92.5 cm³/mol. The lowest BCUT2D eigenvalue weighted by Crippen LogP contribution is -2.09. The van der Waals surface area contributed by atoms with Crippen LogP contribution >= 0.6 is 0 Å². The number of hydrogen-bond acceptors (Lipinski definition) is 2. The molecule has 0 aliphatic heterocycles. The fourth-order valence-corrected chi connectivity index (χ4v) is 1.23. The Balaban J connectivity index is 0. The summed E-state index contributed by atoms with van der Waals surface area (Å²) in [5, 5.41) is 0. The van der Waals surface area contributed by atoms with E-state index < -0.39 is 0 Å². The molecule has 0 unspecified atom stereocenters. The van der Waals surface area contributed by atoms with Crippen molar-refractivity contribution in [3.8, 4) is 5.75 Å². The topological polar surface area (TPSA) is 26.3 Å². The summed E-state index contributed by atoms with van der Waals surface area (Å²) < 4.78 is 5.23. The average Bonchev–Trinajstić information content (AvgIpc) is 2.56. The lowest BCUT2D eigenvalue weighted by atomic mass is 10.2. The molecule has 1 aromatic rings. The van der Waals surface area contributed by atoms with E-state index in [2.05, 4.69) is 0 Å². The van der Waals surface area contributed by atoms with Crippen LogP contribution in [-0.4, -0.2) is 5.97 Å². The molecule has 1 rings (SSSR count). The summed E-state index contributed by atoms with van der Waals surface area (Å²) in [6.07, 6.45) is 8.93. The summed E-state index contributed by atoms with van der Waals surface area (Å²) >= 11 is 0. The predicted octanol–water partition coefficient (Wildman–Crippen LogP) is 5.72. The molecule has 0 bridgehead atoms. The van der Waals surface area contributed by atoms with Gasteiger partial charge in [-0.1, -0.05) is 70.2 Å². The maximum atomic E-state index is 11.8. The smallest absolute Gasteiger partial charge is 0.343 e. The van der Waals surface area contributed by atoms with Crippen molar-refractivity contribution in [2.75, 3.05) is 0 Å². The van der Waals surface area contributed by atoms with Crippen LogP contribution in [0.5, 0.6) is 5.75 Å². The molecule has 0 spiro atoms. The van der Waals surface area contributed by atoms with E-state index in [9.17, 15) is 4.79 Å². The molecule has 0 aliphatic carbocycles. The van der Waals surface area contributed by atoms with Crippen LogP contribution in [0.2, 0.25) is 0 Å².